The Labute approximate surface area is 71.1 Å². The summed E-state index contributed by atoms with van der Waals surface area (Å²) in [6.45, 7) is 3.93. The van der Waals surface area contributed by atoms with Gasteiger partial charge in [-0.2, -0.15) is 0 Å². The maximum atomic E-state index is 11.5. The van der Waals surface area contributed by atoms with Crippen LogP contribution in [0.1, 0.15) is 30.9 Å². The highest BCUT2D eigenvalue weighted by Crippen LogP contribution is 2.20. The van der Waals surface area contributed by atoms with Gasteiger partial charge >= 0.3 is 0 Å². The first-order valence-electron chi connectivity index (χ1n) is 4.27. The predicted octanol–water partition coefficient (Wildman–Crippen LogP) is 1.06. The zero-order valence-electron chi connectivity index (χ0n) is 7.37. The van der Waals surface area contributed by atoms with Gasteiger partial charge in [-0.05, 0) is 20.3 Å². The van der Waals surface area contributed by atoms with Gasteiger partial charge in [0.05, 0.1) is 0 Å². The van der Waals surface area contributed by atoms with E-state index in [4.69, 9.17) is 0 Å². The molecule has 0 saturated carbocycles. The molecule has 0 radical (unpaired) electrons. The van der Waals surface area contributed by atoms with Crippen LogP contribution in [-0.2, 0) is 6.42 Å². The molecule has 1 aliphatic heterocycles. The van der Waals surface area contributed by atoms with Gasteiger partial charge in [0.2, 0.25) is 0 Å². The molecule has 12 heavy (non-hydrogen) atoms. The van der Waals surface area contributed by atoms with Crippen molar-refractivity contribution in [2.45, 2.75) is 32.7 Å². The van der Waals surface area contributed by atoms with Gasteiger partial charge in [0, 0.05) is 24.2 Å². The van der Waals surface area contributed by atoms with E-state index < -0.39 is 0 Å². The molecule has 64 valence electrons. The molecular formula is C9H12N2O. The maximum Gasteiger partial charge on any atom is 0.253 e. The molecule has 1 aromatic heterocycles. The molecular weight excluding hydrogens is 152 g/mol. The van der Waals surface area contributed by atoms with Gasteiger partial charge < -0.3 is 0 Å². The summed E-state index contributed by atoms with van der Waals surface area (Å²) in [5.41, 5.74) is 0.933. The average Bonchev–Trinajstić information content (AvgIpc) is 2.31. The standard InChI is InChI=1S/C9H12N2O/c1-6-5-9(12)11-7(2)3-4-8(11)10-6/h5,7H,3-4H2,1-2H3/t7-/m1/s1. The Morgan fingerprint density at radius 3 is 3.17 bits per heavy atom. The summed E-state index contributed by atoms with van der Waals surface area (Å²) < 4.78 is 1.80. The molecule has 0 N–H and O–H groups in total. The second-order valence-corrected chi connectivity index (χ2v) is 3.41. The van der Waals surface area contributed by atoms with Crippen molar-refractivity contribution in [2.75, 3.05) is 0 Å². The van der Waals surface area contributed by atoms with E-state index in [-0.39, 0.29) is 5.56 Å². The van der Waals surface area contributed by atoms with Crippen LogP contribution in [0.5, 0.6) is 0 Å². The molecule has 2 rings (SSSR count). The molecule has 0 fully saturated rings. The molecule has 0 bridgehead atoms. The lowest BCUT2D eigenvalue weighted by Gasteiger charge is -2.07. The molecule has 0 spiro atoms. The number of hydrogen-bond acceptors (Lipinski definition) is 2. The summed E-state index contributed by atoms with van der Waals surface area (Å²) in [7, 11) is 0. The fourth-order valence-electron chi connectivity index (χ4n) is 1.78. The molecule has 0 aromatic carbocycles. The Morgan fingerprint density at radius 2 is 2.42 bits per heavy atom. The summed E-state index contributed by atoms with van der Waals surface area (Å²) in [6, 6.07) is 1.94. The first-order chi connectivity index (χ1) is 5.68. The van der Waals surface area contributed by atoms with Crippen LogP contribution in [0, 0.1) is 6.92 Å². The lowest BCUT2D eigenvalue weighted by molar-refractivity contribution is 0.558. The van der Waals surface area contributed by atoms with E-state index in [1.165, 1.54) is 0 Å². The summed E-state index contributed by atoms with van der Waals surface area (Å²) in [5, 5.41) is 0. The molecule has 0 aliphatic carbocycles. The maximum absolute atomic E-state index is 11.5. The Bertz CT molecular complexity index is 367. The largest absolute Gasteiger partial charge is 0.294 e. The van der Waals surface area contributed by atoms with Crippen LogP contribution in [-0.4, -0.2) is 9.55 Å². The van der Waals surface area contributed by atoms with Gasteiger partial charge in [0.15, 0.2) is 0 Å². The van der Waals surface area contributed by atoms with Gasteiger partial charge in [-0.25, -0.2) is 4.98 Å². The lowest BCUT2D eigenvalue weighted by atomic mass is 10.2. The molecule has 2 heterocycles. The van der Waals surface area contributed by atoms with Crippen molar-refractivity contribution in [2.24, 2.45) is 0 Å². The highest BCUT2D eigenvalue weighted by molar-refractivity contribution is 5.07. The normalized spacial score (nSPS) is 21.0. The van der Waals surface area contributed by atoms with Crippen molar-refractivity contribution >= 4 is 0 Å². The number of rotatable bonds is 0. The summed E-state index contributed by atoms with van der Waals surface area (Å²) in [6.07, 6.45) is 1.99. The van der Waals surface area contributed by atoms with Gasteiger partial charge in [-0.3, -0.25) is 9.36 Å². The third kappa shape index (κ3) is 0.967. The lowest BCUT2D eigenvalue weighted by Crippen LogP contribution is -2.22. The molecule has 0 unspecified atom stereocenters. The zero-order chi connectivity index (χ0) is 8.72. The number of hydrogen-bond donors (Lipinski definition) is 0. The fourth-order valence-corrected chi connectivity index (χ4v) is 1.78. The van der Waals surface area contributed by atoms with Gasteiger partial charge in [0.1, 0.15) is 5.82 Å². The summed E-state index contributed by atoms with van der Waals surface area (Å²) >= 11 is 0. The summed E-state index contributed by atoms with van der Waals surface area (Å²) in [5.74, 6) is 0.951. The minimum absolute atomic E-state index is 0.0995. The number of fused-ring (bicyclic) bond motifs is 1. The minimum Gasteiger partial charge on any atom is -0.294 e. The second-order valence-electron chi connectivity index (χ2n) is 3.41. The Hall–Kier alpha value is -1.12. The van der Waals surface area contributed by atoms with Crippen molar-refractivity contribution in [3.8, 4) is 0 Å². The van der Waals surface area contributed by atoms with Crippen molar-refractivity contribution in [3.05, 3.63) is 27.9 Å². The van der Waals surface area contributed by atoms with Gasteiger partial charge in [0.25, 0.3) is 5.56 Å². The minimum atomic E-state index is 0.0995. The number of nitrogens with zero attached hydrogens (tertiary/aromatic N) is 2. The topological polar surface area (TPSA) is 34.9 Å². The Balaban J connectivity index is 2.69. The van der Waals surface area contributed by atoms with Crippen molar-refractivity contribution in [1.29, 1.82) is 0 Å². The van der Waals surface area contributed by atoms with Crippen molar-refractivity contribution in [3.63, 3.8) is 0 Å². The third-order valence-electron chi connectivity index (χ3n) is 2.38. The van der Waals surface area contributed by atoms with Crippen LogP contribution >= 0.6 is 0 Å². The highest BCUT2D eigenvalue weighted by Gasteiger charge is 2.19. The number of aromatic nitrogens is 2. The van der Waals surface area contributed by atoms with E-state index in [9.17, 15) is 4.79 Å². The smallest absolute Gasteiger partial charge is 0.253 e. The first kappa shape index (κ1) is 7.53. The van der Waals surface area contributed by atoms with E-state index in [0.717, 1.165) is 24.4 Å². The van der Waals surface area contributed by atoms with Crippen LogP contribution in [0.2, 0.25) is 0 Å². The Morgan fingerprint density at radius 1 is 1.67 bits per heavy atom. The Kier molecular flexibility index (Phi) is 1.53. The first-order valence-corrected chi connectivity index (χ1v) is 4.27. The van der Waals surface area contributed by atoms with E-state index in [1.807, 2.05) is 6.92 Å². The van der Waals surface area contributed by atoms with E-state index in [1.54, 1.807) is 10.6 Å². The van der Waals surface area contributed by atoms with Crippen LogP contribution in [0.15, 0.2) is 10.9 Å². The molecule has 1 aliphatic rings. The van der Waals surface area contributed by atoms with Crippen LogP contribution < -0.4 is 5.56 Å². The van der Waals surface area contributed by atoms with Crippen LogP contribution in [0.3, 0.4) is 0 Å². The quantitative estimate of drug-likeness (QED) is 0.574. The van der Waals surface area contributed by atoms with E-state index in [2.05, 4.69) is 11.9 Å². The summed E-state index contributed by atoms with van der Waals surface area (Å²) in [4.78, 5) is 15.8. The van der Waals surface area contributed by atoms with Crippen LogP contribution in [0.25, 0.3) is 0 Å². The van der Waals surface area contributed by atoms with Crippen LogP contribution in [0.4, 0.5) is 0 Å². The molecule has 0 saturated heterocycles. The second kappa shape index (κ2) is 2.44. The molecule has 3 nitrogen and oxygen atoms in total. The molecule has 3 heteroatoms. The van der Waals surface area contributed by atoms with Gasteiger partial charge in [-0.15, -0.1) is 0 Å². The average molecular weight is 164 g/mol. The monoisotopic (exact) mass is 164 g/mol. The molecule has 0 amide bonds. The predicted molar refractivity (Wildman–Crippen MR) is 46.3 cm³/mol. The van der Waals surface area contributed by atoms with Crippen molar-refractivity contribution in [1.82, 2.24) is 9.55 Å². The fraction of sp³-hybridized carbons (Fsp3) is 0.556. The number of aryl methyl sites for hydroxylation is 2. The molecule has 1 atom stereocenters. The highest BCUT2D eigenvalue weighted by atomic mass is 16.1. The van der Waals surface area contributed by atoms with Gasteiger partial charge in [-0.1, -0.05) is 0 Å². The van der Waals surface area contributed by atoms with Crippen molar-refractivity contribution < 1.29 is 0 Å². The SMILES string of the molecule is Cc1cc(=O)n2c(n1)CC[C@H]2C. The van der Waals surface area contributed by atoms with E-state index >= 15 is 0 Å². The molecule has 1 aromatic rings. The zero-order valence-corrected chi connectivity index (χ0v) is 7.37. The third-order valence-corrected chi connectivity index (χ3v) is 2.38. The van der Waals surface area contributed by atoms with E-state index in [0.29, 0.717) is 6.04 Å².